The maximum absolute atomic E-state index is 10.6. The fraction of sp³-hybridized carbons (Fsp3) is 0.200. The summed E-state index contributed by atoms with van der Waals surface area (Å²) in [7, 11) is 0. The van der Waals surface area contributed by atoms with Gasteiger partial charge in [0.15, 0.2) is 0 Å². The third kappa shape index (κ3) is 3.01. The molecular formula is C10H9N7O2. The monoisotopic (exact) mass is 259 g/mol. The fourth-order valence-corrected chi connectivity index (χ4v) is 1.43. The van der Waals surface area contributed by atoms with E-state index in [0.29, 0.717) is 24.6 Å². The van der Waals surface area contributed by atoms with E-state index >= 15 is 0 Å². The van der Waals surface area contributed by atoms with Crippen LogP contribution in [0.2, 0.25) is 0 Å². The van der Waals surface area contributed by atoms with Crippen LogP contribution in [0, 0.1) is 21.4 Å². The van der Waals surface area contributed by atoms with Gasteiger partial charge in [0.05, 0.1) is 4.92 Å². The summed E-state index contributed by atoms with van der Waals surface area (Å²) in [5.41, 5.74) is -0.0795. The standard InChI is InChI=1S/C10H9N7O2/c11-4-7-3-8(17(18)19)5-13-10(7)12-2-1-9-14-6-15-16-9/h3,5-6H,1-2H2,(H,12,13)(H,14,15,16). The van der Waals surface area contributed by atoms with Crippen molar-refractivity contribution in [2.45, 2.75) is 6.42 Å². The van der Waals surface area contributed by atoms with E-state index in [-0.39, 0.29) is 11.3 Å². The minimum Gasteiger partial charge on any atom is -0.369 e. The van der Waals surface area contributed by atoms with Gasteiger partial charge in [-0.05, 0) is 0 Å². The van der Waals surface area contributed by atoms with Crippen molar-refractivity contribution in [1.82, 2.24) is 20.2 Å². The van der Waals surface area contributed by atoms with Gasteiger partial charge in [-0.25, -0.2) is 9.97 Å². The van der Waals surface area contributed by atoms with Crippen molar-refractivity contribution in [3.05, 3.63) is 40.1 Å². The van der Waals surface area contributed by atoms with Gasteiger partial charge in [-0.1, -0.05) is 0 Å². The Kier molecular flexibility index (Phi) is 3.63. The molecule has 9 nitrogen and oxygen atoms in total. The second kappa shape index (κ2) is 5.54. The number of hydrogen-bond acceptors (Lipinski definition) is 7. The molecule has 0 amide bonds. The molecule has 2 aromatic heterocycles. The summed E-state index contributed by atoms with van der Waals surface area (Å²) in [6, 6.07) is 3.05. The van der Waals surface area contributed by atoms with Crippen molar-refractivity contribution in [1.29, 1.82) is 5.26 Å². The number of hydrogen-bond donors (Lipinski definition) is 2. The van der Waals surface area contributed by atoms with E-state index in [2.05, 4.69) is 25.5 Å². The number of anilines is 1. The van der Waals surface area contributed by atoms with Crippen LogP contribution in [0.5, 0.6) is 0 Å². The van der Waals surface area contributed by atoms with Gasteiger partial charge in [-0.2, -0.15) is 10.4 Å². The average molecular weight is 259 g/mol. The lowest BCUT2D eigenvalue weighted by Gasteiger charge is -2.05. The maximum atomic E-state index is 10.6. The van der Waals surface area contributed by atoms with Crippen LogP contribution in [0.1, 0.15) is 11.4 Å². The summed E-state index contributed by atoms with van der Waals surface area (Å²) in [4.78, 5) is 17.8. The third-order valence-corrected chi connectivity index (χ3v) is 2.32. The summed E-state index contributed by atoms with van der Waals surface area (Å²) in [5.74, 6) is 1.01. The Labute approximate surface area is 107 Å². The molecule has 0 aliphatic rings. The zero-order valence-corrected chi connectivity index (χ0v) is 9.70. The van der Waals surface area contributed by atoms with Crippen molar-refractivity contribution >= 4 is 11.5 Å². The van der Waals surface area contributed by atoms with Crippen LogP contribution >= 0.6 is 0 Å². The fourth-order valence-electron chi connectivity index (χ4n) is 1.43. The Bertz CT molecular complexity index is 617. The topological polar surface area (TPSA) is 133 Å². The molecule has 0 saturated heterocycles. The van der Waals surface area contributed by atoms with Gasteiger partial charge in [0.25, 0.3) is 5.69 Å². The molecule has 0 unspecified atom stereocenters. The lowest BCUT2D eigenvalue weighted by atomic mass is 10.2. The zero-order chi connectivity index (χ0) is 13.7. The van der Waals surface area contributed by atoms with Gasteiger partial charge in [-0.3, -0.25) is 15.2 Å². The van der Waals surface area contributed by atoms with Crippen molar-refractivity contribution in [2.75, 3.05) is 11.9 Å². The SMILES string of the molecule is N#Cc1cc([N+](=O)[O-])cnc1NCCc1ncn[nH]1. The number of H-pyrrole nitrogens is 1. The molecule has 0 aromatic carbocycles. The molecule has 0 fully saturated rings. The molecule has 0 spiro atoms. The molecule has 9 heteroatoms. The van der Waals surface area contributed by atoms with Gasteiger partial charge >= 0.3 is 0 Å². The second-order valence-electron chi connectivity index (χ2n) is 3.57. The number of rotatable bonds is 5. The van der Waals surface area contributed by atoms with E-state index in [0.717, 1.165) is 6.20 Å². The summed E-state index contributed by atoms with van der Waals surface area (Å²) < 4.78 is 0. The lowest BCUT2D eigenvalue weighted by Crippen LogP contribution is -2.09. The maximum Gasteiger partial charge on any atom is 0.289 e. The van der Waals surface area contributed by atoms with Crippen LogP contribution in [0.3, 0.4) is 0 Å². The minimum atomic E-state index is -0.591. The molecule has 0 atom stereocenters. The van der Waals surface area contributed by atoms with E-state index in [1.54, 1.807) is 0 Å². The van der Waals surface area contributed by atoms with Crippen molar-refractivity contribution in [2.24, 2.45) is 0 Å². The van der Waals surface area contributed by atoms with E-state index < -0.39 is 4.92 Å². The van der Waals surface area contributed by atoms with Gasteiger partial charge in [0.1, 0.15) is 35.8 Å². The van der Waals surface area contributed by atoms with E-state index in [1.165, 1.54) is 12.4 Å². The van der Waals surface area contributed by atoms with Gasteiger partial charge in [0.2, 0.25) is 0 Å². The first kappa shape index (κ1) is 12.4. The van der Waals surface area contributed by atoms with Crippen molar-refractivity contribution in [3.8, 4) is 6.07 Å². The minimum absolute atomic E-state index is 0.131. The van der Waals surface area contributed by atoms with Crippen LogP contribution in [0.4, 0.5) is 11.5 Å². The first-order valence-electron chi connectivity index (χ1n) is 5.33. The van der Waals surface area contributed by atoms with E-state index in [1.807, 2.05) is 6.07 Å². The third-order valence-electron chi connectivity index (χ3n) is 2.32. The molecule has 0 aliphatic heterocycles. The lowest BCUT2D eigenvalue weighted by molar-refractivity contribution is -0.385. The Morgan fingerprint density at radius 1 is 1.53 bits per heavy atom. The molecule has 0 saturated carbocycles. The van der Waals surface area contributed by atoms with Gasteiger partial charge in [0, 0.05) is 19.0 Å². The average Bonchev–Trinajstić information content (AvgIpc) is 2.92. The highest BCUT2D eigenvalue weighted by molar-refractivity contribution is 5.55. The highest BCUT2D eigenvalue weighted by atomic mass is 16.6. The summed E-state index contributed by atoms with van der Waals surface area (Å²) >= 11 is 0. The van der Waals surface area contributed by atoms with Crippen LogP contribution in [0.25, 0.3) is 0 Å². The van der Waals surface area contributed by atoms with Crippen LogP contribution in [-0.2, 0) is 6.42 Å². The molecule has 0 bridgehead atoms. The number of aromatic amines is 1. The summed E-state index contributed by atoms with van der Waals surface area (Å²) in [6.45, 7) is 0.481. The Hall–Kier alpha value is -3.02. The first-order valence-corrected chi connectivity index (χ1v) is 5.33. The number of pyridine rings is 1. The highest BCUT2D eigenvalue weighted by Crippen LogP contribution is 2.17. The van der Waals surface area contributed by atoms with Crippen LogP contribution in [0.15, 0.2) is 18.6 Å². The van der Waals surface area contributed by atoms with Gasteiger partial charge in [-0.15, -0.1) is 0 Å². The summed E-state index contributed by atoms with van der Waals surface area (Å²) in [5, 5.41) is 28.8. The summed E-state index contributed by atoms with van der Waals surface area (Å²) in [6.07, 6.45) is 3.08. The molecule has 96 valence electrons. The largest absolute Gasteiger partial charge is 0.369 e. The normalized spacial score (nSPS) is 9.84. The zero-order valence-electron chi connectivity index (χ0n) is 9.70. The Morgan fingerprint density at radius 2 is 2.37 bits per heavy atom. The van der Waals surface area contributed by atoms with Crippen LogP contribution < -0.4 is 5.32 Å². The van der Waals surface area contributed by atoms with E-state index in [4.69, 9.17) is 5.26 Å². The molecule has 2 N–H and O–H groups in total. The van der Waals surface area contributed by atoms with E-state index in [9.17, 15) is 10.1 Å². The van der Waals surface area contributed by atoms with Crippen molar-refractivity contribution in [3.63, 3.8) is 0 Å². The number of nitrogens with one attached hydrogen (secondary N) is 2. The predicted molar refractivity (Wildman–Crippen MR) is 64.2 cm³/mol. The molecule has 0 radical (unpaired) electrons. The predicted octanol–water partition coefficient (Wildman–Crippen LogP) is 0.634. The van der Waals surface area contributed by atoms with Gasteiger partial charge < -0.3 is 5.32 Å². The van der Waals surface area contributed by atoms with Crippen molar-refractivity contribution < 1.29 is 4.92 Å². The molecule has 2 aromatic rings. The molecule has 2 rings (SSSR count). The quantitative estimate of drug-likeness (QED) is 0.594. The molecule has 2 heterocycles. The second-order valence-corrected chi connectivity index (χ2v) is 3.57. The number of nitriles is 1. The number of nitro groups is 1. The molecular weight excluding hydrogens is 250 g/mol. The number of nitrogens with zero attached hydrogens (tertiary/aromatic N) is 5. The highest BCUT2D eigenvalue weighted by Gasteiger charge is 2.11. The Morgan fingerprint density at radius 3 is 3.00 bits per heavy atom. The molecule has 19 heavy (non-hydrogen) atoms. The first-order chi connectivity index (χ1) is 9.20. The Balaban J connectivity index is 2.04. The molecule has 0 aliphatic carbocycles. The number of aromatic nitrogens is 4. The van der Waals surface area contributed by atoms with Crippen LogP contribution in [-0.4, -0.2) is 31.6 Å². The smallest absolute Gasteiger partial charge is 0.289 e.